The van der Waals surface area contributed by atoms with E-state index in [2.05, 4.69) is 4.99 Å². The minimum absolute atomic E-state index is 0.288. The molecule has 0 amide bonds. The van der Waals surface area contributed by atoms with Crippen molar-refractivity contribution in [2.75, 3.05) is 0 Å². The van der Waals surface area contributed by atoms with Gasteiger partial charge in [0, 0.05) is 0 Å². The third kappa shape index (κ3) is 2.87. The second kappa shape index (κ2) is 5.03. The van der Waals surface area contributed by atoms with Gasteiger partial charge >= 0.3 is 6.18 Å². The van der Waals surface area contributed by atoms with Gasteiger partial charge in [0.2, 0.25) is 0 Å². The molecule has 6 heteroatoms. The highest BCUT2D eigenvalue weighted by molar-refractivity contribution is 5.87. The van der Waals surface area contributed by atoms with Gasteiger partial charge in [0.15, 0.2) is 0 Å². The lowest BCUT2D eigenvalue weighted by molar-refractivity contribution is -0.193. The quantitative estimate of drug-likeness (QED) is 0.734. The van der Waals surface area contributed by atoms with Crippen molar-refractivity contribution >= 4 is 5.84 Å². The van der Waals surface area contributed by atoms with E-state index < -0.39 is 24.2 Å². The first-order valence-electron chi connectivity index (χ1n) is 5.45. The molecule has 0 radical (unpaired) electrons. The van der Waals surface area contributed by atoms with Gasteiger partial charge in [-0.3, -0.25) is 4.99 Å². The molecule has 1 heterocycles. The summed E-state index contributed by atoms with van der Waals surface area (Å²) in [6, 6.07) is -0.915. The molecule has 16 heavy (non-hydrogen) atoms. The third-order valence-corrected chi connectivity index (χ3v) is 2.85. The fourth-order valence-corrected chi connectivity index (χ4v) is 1.99. The zero-order valence-electron chi connectivity index (χ0n) is 9.17. The summed E-state index contributed by atoms with van der Waals surface area (Å²) in [6.07, 6.45) is -3.31. The van der Waals surface area contributed by atoms with Gasteiger partial charge in [-0.25, -0.2) is 0 Å². The number of aliphatic imine (C=N–C) groups is 1. The monoisotopic (exact) mass is 238 g/mol. The molecular weight excluding hydrogens is 221 g/mol. The van der Waals surface area contributed by atoms with Crippen LogP contribution in [0.3, 0.4) is 0 Å². The van der Waals surface area contributed by atoms with E-state index in [9.17, 15) is 18.3 Å². The zero-order chi connectivity index (χ0) is 12.3. The molecule has 0 aromatic heterocycles. The summed E-state index contributed by atoms with van der Waals surface area (Å²) in [5.41, 5.74) is 5.26. The lowest BCUT2D eigenvalue weighted by Gasteiger charge is -2.23. The molecule has 0 spiro atoms. The van der Waals surface area contributed by atoms with Crippen LogP contribution in [0.4, 0.5) is 13.2 Å². The number of hydrogen-bond donors (Lipinski definition) is 2. The van der Waals surface area contributed by atoms with Crippen LogP contribution in [0, 0.1) is 5.92 Å². The zero-order valence-corrected chi connectivity index (χ0v) is 9.17. The molecule has 3 atom stereocenters. The number of halogens is 3. The number of unbranched alkanes of at least 4 members (excludes halogenated alkanes) is 2. The molecule has 0 bridgehead atoms. The Labute approximate surface area is 92.5 Å². The SMILES string of the molecule is CCCCC[C@@H]1N=C(N)[C@H](O)[C@@H]1C(F)(F)F. The molecule has 94 valence electrons. The van der Waals surface area contributed by atoms with E-state index >= 15 is 0 Å². The fourth-order valence-electron chi connectivity index (χ4n) is 1.99. The van der Waals surface area contributed by atoms with Crippen LogP contribution in [0.1, 0.15) is 32.6 Å². The van der Waals surface area contributed by atoms with Gasteiger partial charge in [-0.05, 0) is 6.42 Å². The number of rotatable bonds is 4. The topological polar surface area (TPSA) is 58.6 Å². The van der Waals surface area contributed by atoms with Crippen LogP contribution in [0.5, 0.6) is 0 Å². The number of alkyl halides is 3. The first kappa shape index (κ1) is 13.3. The smallest absolute Gasteiger partial charge is 0.385 e. The highest BCUT2D eigenvalue weighted by Gasteiger charge is 2.53. The fraction of sp³-hybridized carbons (Fsp3) is 0.900. The van der Waals surface area contributed by atoms with Crippen molar-refractivity contribution in [3.8, 4) is 0 Å². The lowest BCUT2D eigenvalue weighted by atomic mass is 9.92. The Kier molecular flexibility index (Phi) is 4.18. The summed E-state index contributed by atoms with van der Waals surface area (Å²) in [4.78, 5) is 3.71. The minimum atomic E-state index is -4.44. The first-order chi connectivity index (χ1) is 7.38. The molecule has 0 aromatic carbocycles. The molecule has 0 unspecified atom stereocenters. The lowest BCUT2D eigenvalue weighted by Crippen LogP contribution is -2.41. The molecule has 1 aliphatic heterocycles. The number of nitrogens with zero attached hydrogens (tertiary/aromatic N) is 1. The Balaban J connectivity index is 2.66. The van der Waals surface area contributed by atoms with Crippen LogP contribution >= 0.6 is 0 Å². The standard InChI is InChI=1S/C10H17F3N2O/c1-2-3-4-5-6-7(10(11,12)13)8(16)9(14)15-6/h6-8,16H,2-5H2,1H3,(H2,14,15)/t6-,7+,8+/m0/s1. The van der Waals surface area contributed by atoms with Crippen molar-refractivity contribution < 1.29 is 18.3 Å². The maximum atomic E-state index is 12.7. The highest BCUT2D eigenvalue weighted by atomic mass is 19.4. The Hall–Kier alpha value is -0.780. The number of hydrogen-bond acceptors (Lipinski definition) is 3. The largest absolute Gasteiger partial charge is 0.396 e. The number of aliphatic hydroxyl groups is 1. The average molecular weight is 238 g/mol. The van der Waals surface area contributed by atoms with Crippen LogP contribution in [0.25, 0.3) is 0 Å². The summed E-state index contributed by atoms with van der Waals surface area (Å²) in [5, 5.41) is 9.34. The molecule has 3 nitrogen and oxygen atoms in total. The van der Waals surface area contributed by atoms with E-state index in [1.165, 1.54) is 0 Å². The summed E-state index contributed by atoms with van der Waals surface area (Å²) < 4.78 is 38.0. The molecule has 3 N–H and O–H groups in total. The first-order valence-corrected chi connectivity index (χ1v) is 5.45. The third-order valence-electron chi connectivity index (χ3n) is 2.85. The van der Waals surface area contributed by atoms with Gasteiger partial charge in [0.25, 0.3) is 0 Å². The van der Waals surface area contributed by atoms with Crippen LogP contribution in [0.2, 0.25) is 0 Å². The summed E-state index contributed by atoms with van der Waals surface area (Å²) in [7, 11) is 0. The Morgan fingerprint density at radius 2 is 2.00 bits per heavy atom. The van der Waals surface area contributed by atoms with E-state index in [0.717, 1.165) is 12.8 Å². The number of amidine groups is 1. The van der Waals surface area contributed by atoms with Crippen LogP contribution < -0.4 is 5.73 Å². The van der Waals surface area contributed by atoms with Crippen molar-refractivity contribution in [1.82, 2.24) is 0 Å². The van der Waals surface area contributed by atoms with E-state index in [0.29, 0.717) is 12.8 Å². The summed E-state index contributed by atoms with van der Waals surface area (Å²) in [5.74, 6) is -2.12. The maximum absolute atomic E-state index is 12.7. The van der Waals surface area contributed by atoms with Crippen LogP contribution in [0.15, 0.2) is 4.99 Å². The number of nitrogens with two attached hydrogens (primary N) is 1. The van der Waals surface area contributed by atoms with Gasteiger partial charge in [0.1, 0.15) is 17.9 Å². The molecule has 0 aliphatic carbocycles. The van der Waals surface area contributed by atoms with Crippen molar-refractivity contribution in [2.45, 2.75) is 50.9 Å². The molecule has 0 aromatic rings. The molecule has 0 fully saturated rings. The Morgan fingerprint density at radius 1 is 1.38 bits per heavy atom. The van der Waals surface area contributed by atoms with E-state index in [-0.39, 0.29) is 5.84 Å². The van der Waals surface area contributed by atoms with Gasteiger partial charge < -0.3 is 10.8 Å². The molecule has 1 aliphatic rings. The molecule has 0 saturated carbocycles. The van der Waals surface area contributed by atoms with Gasteiger partial charge in [-0.2, -0.15) is 13.2 Å². The van der Waals surface area contributed by atoms with E-state index in [1.807, 2.05) is 6.92 Å². The van der Waals surface area contributed by atoms with E-state index in [1.54, 1.807) is 0 Å². The predicted octanol–water partition coefficient (Wildman–Crippen LogP) is 1.85. The maximum Gasteiger partial charge on any atom is 0.396 e. The van der Waals surface area contributed by atoms with Gasteiger partial charge in [0.05, 0.1) is 6.04 Å². The Morgan fingerprint density at radius 3 is 2.50 bits per heavy atom. The summed E-state index contributed by atoms with van der Waals surface area (Å²) in [6.45, 7) is 1.97. The second-order valence-corrected chi connectivity index (χ2v) is 4.13. The van der Waals surface area contributed by atoms with E-state index in [4.69, 9.17) is 5.73 Å². The highest BCUT2D eigenvalue weighted by Crippen LogP contribution is 2.38. The van der Waals surface area contributed by atoms with Crippen molar-refractivity contribution in [1.29, 1.82) is 0 Å². The van der Waals surface area contributed by atoms with Crippen molar-refractivity contribution in [3.63, 3.8) is 0 Å². The number of aliphatic hydroxyl groups excluding tert-OH is 1. The minimum Gasteiger partial charge on any atom is -0.385 e. The van der Waals surface area contributed by atoms with Crippen LogP contribution in [-0.4, -0.2) is 29.3 Å². The molecule has 1 rings (SSSR count). The van der Waals surface area contributed by atoms with Gasteiger partial charge in [-0.1, -0.05) is 26.2 Å². The average Bonchev–Trinajstić information content (AvgIpc) is 2.42. The normalized spacial score (nSPS) is 30.6. The Bertz CT molecular complexity index is 265. The van der Waals surface area contributed by atoms with Crippen LogP contribution in [-0.2, 0) is 0 Å². The molecule has 0 saturated heterocycles. The van der Waals surface area contributed by atoms with Crippen molar-refractivity contribution in [2.24, 2.45) is 16.6 Å². The van der Waals surface area contributed by atoms with Crippen molar-refractivity contribution in [3.05, 3.63) is 0 Å². The summed E-state index contributed by atoms with van der Waals surface area (Å²) >= 11 is 0. The predicted molar refractivity (Wildman–Crippen MR) is 55.1 cm³/mol. The second-order valence-electron chi connectivity index (χ2n) is 4.13. The molecular formula is C10H17F3N2O. The van der Waals surface area contributed by atoms with Gasteiger partial charge in [-0.15, -0.1) is 0 Å².